The maximum atomic E-state index is 12.7. The van der Waals surface area contributed by atoms with Gasteiger partial charge in [-0.15, -0.1) is 0 Å². The third-order valence-electron chi connectivity index (χ3n) is 3.97. The van der Waals surface area contributed by atoms with E-state index in [0.717, 1.165) is 11.1 Å². The molecule has 27 heavy (non-hydrogen) atoms. The maximum absolute atomic E-state index is 12.7. The summed E-state index contributed by atoms with van der Waals surface area (Å²) in [6.07, 6.45) is 5.15. The average Bonchev–Trinajstić information content (AvgIpc) is 3.24. The fourth-order valence-electron chi connectivity index (χ4n) is 2.64. The standard InChI is InChI=1S/C20H13ClN2O2S2/c21-15-5-3-14(4-6-15)17-8-7-16(25-17)10-18-19(24)23(20(26)27-18)12-13-2-1-9-22-11-13/h1-11H,12H2/b18-10-. The highest BCUT2D eigenvalue weighted by molar-refractivity contribution is 8.26. The average molecular weight is 413 g/mol. The Balaban J connectivity index is 1.53. The first-order valence-corrected chi connectivity index (χ1v) is 9.70. The zero-order valence-corrected chi connectivity index (χ0v) is 16.4. The summed E-state index contributed by atoms with van der Waals surface area (Å²) in [5.74, 6) is 1.18. The highest BCUT2D eigenvalue weighted by Gasteiger charge is 2.32. The van der Waals surface area contributed by atoms with Crippen LogP contribution in [0.25, 0.3) is 17.4 Å². The van der Waals surface area contributed by atoms with Gasteiger partial charge in [-0.2, -0.15) is 0 Å². The molecule has 1 aliphatic heterocycles. The van der Waals surface area contributed by atoms with Gasteiger partial charge < -0.3 is 4.42 Å². The number of pyridine rings is 1. The monoisotopic (exact) mass is 412 g/mol. The van der Waals surface area contributed by atoms with Gasteiger partial charge in [0, 0.05) is 29.1 Å². The number of hydrogen-bond acceptors (Lipinski definition) is 5. The number of aromatic nitrogens is 1. The number of hydrogen-bond donors (Lipinski definition) is 0. The van der Waals surface area contributed by atoms with Crippen LogP contribution in [0, 0.1) is 0 Å². The summed E-state index contributed by atoms with van der Waals surface area (Å²) >= 11 is 12.6. The number of rotatable bonds is 4. The minimum atomic E-state index is -0.127. The van der Waals surface area contributed by atoms with E-state index in [9.17, 15) is 4.79 Å². The normalized spacial score (nSPS) is 15.7. The first kappa shape index (κ1) is 18.0. The van der Waals surface area contributed by atoms with Crippen LogP contribution in [0.15, 0.2) is 70.2 Å². The van der Waals surface area contributed by atoms with Crippen LogP contribution in [0.3, 0.4) is 0 Å². The molecule has 1 amide bonds. The summed E-state index contributed by atoms with van der Waals surface area (Å²) in [6.45, 7) is 0.407. The molecule has 0 spiro atoms. The lowest BCUT2D eigenvalue weighted by atomic mass is 10.2. The van der Waals surface area contributed by atoms with Gasteiger partial charge in [0.2, 0.25) is 0 Å². The maximum Gasteiger partial charge on any atom is 0.266 e. The van der Waals surface area contributed by atoms with E-state index in [-0.39, 0.29) is 5.91 Å². The van der Waals surface area contributed by atoms with E-state index < -0.39 is 0 Å². The molecular formula is C20H13ClN2O2S2. The third kappa shape index (κ3) is 3.98. The van der Waals surface area contributed by atoms with E-state index in [2.05, 4.69) is 4.98 Å². The molecule has 2 aromatic heterocycles. The van der Waals surface area contributed by atoms with Crippen LogP contribution in [-0.2, 0) is 11.3 Å². The fourth-order valence-corrected chi connectivity index (χ4v) is 4.00. The topological polar surface area (TPSA) is 46.3 Å². The van der Waals surface area contributed by atoms with Crippen molar-refractivity contribution in [3.63, 3.8) is 0 Å². The summed E-state index contributed by atoms with van der Waals surface area (Å²) < 4.78 is 6.38. The van der Waals surface area contributed by atoms with Gasteiger partial charge in [-0.3, -0.25) is 14.7 Å². The molecule has 0 unspecified atom stereocenters. The van der Waals surface area contributed by atoms with Gasteiger partial charge in [0.25, 0.3) is 5.91 Å². The minimum Gasteiger partial charge on any atom is -0.457 e. The highest BCUT2D eigenvalue weighted by atomic mass is 35.5. The molecule has 3 heterocycles. The van der Waals surface area contributed by atoms with Crippen molar-refractivity contribution in [2.45, 2.75) is 6.54 Å². The van der Waals surface area contributed by atoms with Crippen molar-refractivity contribution in [3.8, 4) is 11.3 Å². The number of carbonyl (C=O) groups excluding carboxylic acids is 1. The first-order valence-electron chi connectivity index (χ1n) is 8.10. The van der Waals surface area contributed by atoms with E-state index in [1.54, 1.807) is 23.4 Å². The fraction of sp³-hybridized carbons (Fsp3) is 0.0500. The van der Waals surface area contributed by atoms with Crippen molar-refractivity contribution in [3.05, 3.63) is 82.2 Å². The lowest BCUT2D eigenvalue weighted by Crippen LogP contribution is -2.27. The minimum absolute atomic E-state index is 0.127. The predicted octanol–water partition coefficient (Wildman–Crippen LogP) is 5.40. The van der Waals surface area contributed by atoms with Gasteiger partial charge in [-0.25, -0.2) is 0 Å². The van der Waals surface area contributed by atoms with E-state index in [0.29, 0.717) is 32.3 Å². The van der Waals surface area contributed by atoms with Gasteiger partial charge in [-0.05, 0) is 48.0 Å². The van der Waals surface area contributed by atoms with Crippen molar-refractivity contribution in [2.24, 2.45) is 0 Å². The Labute approximate surface area is 170 Å². The van der Waals surface area contributed by atoms with Crippen molar-refractivity contribution in [1.29, 1.82) is 0 Å². The van der Waals surface area contributed by atoms with Crippen LogP contribution in [0.4, 0.5) is 0 Å². The Bertz CT molecular complexity index is 1030. The summed E-state index contributed by atoms with van der Waals surface area (Å²) in [7, 11) is 0. The Kier molecular flexibility index (Phi) is 5.11. The predicted molar refractivity (Wildman–Crippen MR) is 112 cm³/mol. The molecule has 3 aromatic rings. The zero-order valence-electron chi connectivity index (χ0n) is 14.0. The number of benzene rings is 1. The summed E-state index contributed by atoms with van der Waals surface area (Å²) in [4.78, 5) is 18.9. The van der Waals surface area contributed by atoms with Crippen LogP contribution >= 0.6 is 35.6 Å². The van der Waals surface area contributed by atoms with Gasteiger partial charge in [0.05, 0.1) is 11.4 Å². The van der Waals surface area contributed by atoms with Crippen molar-refractivity contribution in [1.82, 2.24) is 9.88 Å². The van der Waals surface area contributed by atoms with Crippen LogP contribution in [-0.4, -0.2) is 20.1 Å². The molecule has 4 nitrogen and oxygen atoms in total. The molecule has 1 saturated heterocycles. The lowest BCUT2D eigenvalue weighted by molar-refractivity contribution is -0.122. The molecule has 0 radical (unpaired) electrons. The molecule has 0 bridgehead atoms. The molecule has 7 heteroatoms. The smallest absolute Gasteiger partial charge is 0.266 e. The second-order valence-corrected chi connectivity index (χ2v) is 7.95. The van der Waals surface area contributed by atoms with Crippen LogP contribution < -0.4 is 0 Å². The molecular weight excluding hydrogens is 400 g/mol. The molecule has 1 aliphatic rings. The summed E-state index contributed by atoms with van der Waals surface area (Å²) in [5, 5.41) is 0.669. The van der Waals surface area contributed by atoms with E-state index in [4.69, 9.17) is 28.2 Å². The van der Waals surface area contributed by atoms with Gasteiger partial charge in [-0.1, -0.05) is 41.6 Å². The lowest BCUT2D eigenvalue weighted by Gasteiger charge is -2.13. The van der Waals surface area contributed by atoms with Gasteiger partial charge in [0.1, 0.15) is 15.8 Å². The Morgan fingerprint density at radius 3 is 2.74 bits per heavy atom. The number of nitrogens with zero attached hydrogens (tertiary/aromatic N) is 2. The van der Waals surface area contributed by atoms with Crippen molar-refractivity contribution < 1.29 is 9.21 Å². The van der Waals surface area contributed by atoms with Crippen molar-refractivity contribution >= 4 is 51.9 Å². The largest absolute Gasteiger partial charge is 0.457 e. The number of thiocarbonyl (C=S) groups is 1. The van der Waals surface area contributed by atoms with Gasteiger partial charge in [0.15, 0.2) is 0 Å². The molecule has 134 valence electrons. The highest BCUT2D eigenvalue weighted by Crippen LogP contribution is 2.34. The Hall–Kier alpha value is -2.41. The molecule has 0 aliphatic carbocycles. The van der Waals surface area contributed by atoms with Gasteiger partial charge >= 0.3 is 0 Å². The molecule has 0 atom stereocenters. The number of furan rings is 1. The van der Waals surface area contributed by atoms with Crippen LogP contribution in [0.5, 0.6) is 0 Å². The first-order chi connectivity index (χ1) is 13.1. The SMILES string of the molecule is O=C1/C(=C/c2ccc(-c3ccc(Cl)cc3)o2)SC(=S)N1Cc1cccnc1. The molecule has 0 N–H and O–H groups in total. The number of carbonyl (C=O) groups is 1. The summed E-state index contributed by atoms with van der Waals surface area (Å²) in [5.41, 5.74) is 1.85. The third-order valence-corrected chi connectivity index (χ3v) is 5.60. The molecule has 0 saturated carbocycles. The van der Waals surface area contributed by atoms with Crippen molar-refractivity contribution in [2.75, 3.05) is 0 Å². The second-order valence-electron chi connectivity index (χ2n) is 5.84. The quantitative estimate of drug-likeness (QED) is 0.424. The van der Waals surface area contributed by atoms with Crippen LogP contribution in [0.2, 0.25) is 5.02 Å². The molecule has 1 aromatic carbocycles. The van der Waals surface area contributed by atoms with Crippen LogP contribution in [0.1, 0.15) is 11.3 Å². The zero-order chi connectivity index (χ0) is 18.8. The molecule has 4 rings (SSSR count). The van der Waals surface area contributed by atoms with E-state index in [1.165, 1.54) is 11.8 Å². The number of halogens is 1. The number of thioether (sulfide) groups is 1. The Morgan fingerprint density at radius 2 is 2.00 bits per heavy atom. The molecule has 1 fully saturated rings. The van der Waals surface area contributed by atoms with E-state index in [1.807, 2.05) is 48.5 Å². The van der Waals surface area contributed by atoms with E-state index >= 15 is 0 Å². The second kappa shape index (κ2) is 7.68. The number of amides is 1. The summed E-state index contributed by atoms with van der Waals surface area (Å²) in [6, 6.07) is 14.8. The Morgan fingerprint density at radius 1 is 1.19 bits per heavy atom.